The Bertz CT molecular complexity index is 736. The highest BCUT2D eigenvalue weighted by Gasteiger charge is 2.10. The fourth-order valence-corrected chi connectivity index (χ4v) is 2.51. The summed E-state index contributed by atoms with van der Waals surface area (Å²) in [5.74, 6) is -0.0750. The van der Waals surface area contributed by atoms with Crippen molar-refractivity contribution in [1.82, 2.24) is 10.3 Å². The smallest absolute Gasteiger partial charge is 0.247 e. The lowest BCUT2D eigenvalue weighted by atomic mass is 10.0. The molecule has 1 aromatic carbocycles. The highest BCUT2D eigenvalue weighted by Crippen LogP contribution is 2.16. The number of nitrogens with zero attached hydrogens (tertiary/aromatic N) is 1. The number of aromatic nitrogens is 1. The van der Waals surface area contributed by atoms with Gasteiger partial charge in [-0.25, -0.2) is 0 Å². The van der Waals surface area contributed by atoms with Gasteiger partial charge in [-0.2, -0.15) is 0 Å². The molecule has 0 spiro atoms. The molecule has 2 aromatic rings. The van der Waals surface area contributed by atoms with Crippen LogP contribution in [0.5, 0.6) is 0 Å². The van der Waals surface area contributed by atoms with E-state index in [2.05, 4.69) is 22.4 Å². The molecule has 0 saturated heterocycles. The number of aryl methyl sites for hydroxylation is 1. The number of allylic oxidation sites excluding steroid dienone is 2. The van der Waals surface area contributed by atoms with E-state index >= 15 is 0 Å². The van der Waals surface area contributed by atoms with Gasteiger partial charge in [0.2, 0.25) is 5.91 Å². The lowest BCUT2D eigenvalue weighted by molar-refractivity contribution is -0.118. The van der Waals surface area contributed by atoms with E-state index in [1.807, 2.05) is 37.3 Å². The minimum Gasteiger partial charge on any atom is -0.404 e. The maximum absolute atomic E-state index is 12.4. The normalized spacial score (nSPS) is 13.4. The maximum Gasteiger partial charge on any atom is 0.247 e. The third-order valence-electron chi connectivity index (χ3n) is 4.01. The minimum absolute atomic E-state index is 0.0750. The van der Waals surface area contributed by atoms with Gasteiger partial charge in [0.25, 0.3) is 0 Å². The van der Waals surface area contributed by atoms with Crippen molar-refractivity contribution < 1.29 is 4.79 Å². The van der Waals surface area contributed by atoms with Crippen LogP contribution in [-0.2, 0) is 11.2 Å². The van der Waals surface area contributed by atoms with E-state index in [1.165, 1.54) is 11.8 Å². The van der Waals surface area contributed by atoms with Crippen molar-refractivity contribution in [3.8, 4) is 0 Å². The first-order valence-corrected chi connectivity index (χ1v) is 8.45. The van der Waals surface area contributed by atoms with Gasteiger partial charge in [-0.05, 0) is 61.6 Å². The Kier molecular flexibility index (Phi) is 6.96. The van der Waals surface area contributed by atoms with Crippen LogP contribution >= 0.6 is 0 Å². The summed E-state index contributed by atoms with van der Waals surface area (Å²) in [4.78, 5) is 16.4. The summed E-state index contributed by atoms with van der Waals surface area (Å²) in [6, 6.07) is 14.1. The van der Waals surface area contributed by atoms with Crippen LogP contribution in [0.4, 0.5) is 0 Å². The number of amides is 1. The van der Waals surface area contributed by atoms with Crippen molar-refractivity contribution in [2.45, 2.75) is 32.7 Å². The van der Waals surface area contributed by atoms with Crippen molar-refractivity contribution in [2.75, 3.05) is 0 Å². The third kappa shape index (κ3) is 5.92. The van der Waals surface area contributed by atoms with Crippen LogP contribution in [0.1, 0.15) is 31.4 Å². The highest BCUT2D eigenvalue weighted by atomic mass is 16.1. The van der Waals surface area contributed by atoms with Crippen molar-refractivity contribution >= 4 is 11.5 Å². The van der Waals surface area contributed by atoms with E-state index in [0.29, 0.717) is 5.57 Å². The van der Waals surface area contributed by atoms with Crippen LogP contribution in [0.3, 0.4) is 0 Å². The second kappa shape index (κ2) is 9.42. The van der Waals surface area contributed by atoms with E-state index in [1.54, 1.807) is 25.4 Å². The molecule has 0 bridgehead atoms. The zero-order valence-corrected chi connectivity index (χ0v) is 14.8. The summed E-state index contributed by atoms with van der Waals surface area (Å²) in [7, 11) is 0. The average Bonchev–Trinajstić information content (AvgIpc) is 2.65. The van der Waals surface area contributed by atoms with Gasteiger partial charge in [-0.15, -0.1) is 0 Å². The summed E-state index contributed by atoms with van der Waals surface area (Å²) < 4.78 is 0. The monoisotopic (exact) mass is 335 g/mol. The van der Waals surface area contributed by atoms with Crippen LogP contribution in [0.2, 0.25) is 0 Å². The molecule has 25 heavy (non-hydrogen) atoms. The van der Waals surface area contributed by atoms with Crippen LogP contribution in [-0.4, -0.2) is 16.9 Å². The van der Waals surface area contributed by atoms with E-state index in [4.69, 9.17) is 5.73 Å². The van der Waals surface area contributed by atoms with Crippen LogP contribution in [0, 0.1) is 0 Å². The lowest BCUT2D eigenvalue weighted by Crippen LogP contribution is -2.33. The Morgan fingerprint density at radius 1 is 1.20 bits per heavy atom. The summed E-state index contributed by atoms with van der Waals surface area (Å²) in [5.41, 5.74) is 9.34. The lowest BCUT2D eigenvalue weighted by Gasteiger charge is -2.14. The van der Waals surface area contributed by atoms with Crippen LogP contribution < -0.4 is 11.1 Å². The van der Waals surface area contributed by atoms with E-state index in [0.717, 1.165) is 24.0 Å². The minimum atomic E-state index is -0.0750. The molecule has 2 rings (SSSR count). The molecule has 1 aromatic heterocycles. The number of hydrogen-bond donors (Lipinski definition) is 2. The van der Waals surface area contributed by atoms with Gasteiger partial charge < -0.3 is 11.1 Å². The predicted molar refractivity (Wildman–Crippen MR) is 103 cm³/mol. The Hall–Kier alpha value is -2.88. The second-order valence-electron chi connectivity index (χ2n) is 6.08. The van der Waals surface area contributed by atoms with Crippen LogP contribution in [0.15, 0.2) is 72.7 Å². The molecular formula is C21H25N3O. The van der Waals surface area contributed by atoms with Gasteiger partial charge >= 0.3 is 0 Å². The molecule has 0 radical (unpaired) electrons. The first-order valence-electron chi connectivity index (χ1n) is 8.45. The van der Waals surface area contributed by atoms with Crippen molar-refractivity contribution in [1.29, 1.82) is 0 Å². The molecule has 0 aliphatic carbocycles. The molecule has 0 aliphatic heterocycles. The Balaban J connectivity index is 1.92. The first-order chi connectivity index (χ1) is 12.1. The maximum atomic E-state index is 12.4. The molecule has 4 heteroatoms. The predicted octanol–water partition coefficient (Wildman–Crippen LogP) is 3.47. The third-order valence-corrected chi connectivity index (χ3v) is 4.01. The molecule has 130 valence electrons. The Morgan fingerprint density at radius 3 is 2.52 bits per heavy atom. The molecule has 4 nitrogen and oxygen atoms in total. The van der Waals surface area contributed by atoms with E-state index in [9.17, 15) is 4.79 Å². The standard InChI is InChI=1S/C21H25N3O/c1-16(14-20(15-22)19-10-12-23-13-11-19)21(25)24-17(2)8-9-18-6-4-3-5-7-18/h3-7,10-15,17H,8-9,22H2,1-2H3,(H,24,25)/b16-14+,20-15+. The summed E-state index contributed by atoms with van der Waals surface area (Å²) in [6.45, 7) is 3.82. The summed E-state index contributed by atoms with van der Waals surface area (Å²) in [6.07, 6.45) is 8.55. The van der Waals surface area contributed by atoms with Gasteiger partial charge in [-0.3, -0.25) is 9.78 Å². The molecule has 3 N–H and O–H groups in total. The topological polar surface area (TPSA) is 68.0 Å². The number of benzene rings is 1. The summed E-state index contributed by atoms with van der Waals surface area (Å²) in [5, 5.41) is 3.04. The quantitative estimate of drug-likeness (QED) is 0.601. The number of rotatable bonds is 7. The van der Waals surface area contributed by atoms with Gasteiger partial charge in [0.15, 0.2) is 0 Å². The van der Waals surface area contributed by atoms with Gasteiger partial charge in [0.1, 0.15) is 0 Å². The molecule has 1 unspecified atom stereocenters. The van der Waals surface area contributed by atoms with E-state index in [-0.39, 0.29) is 11.9 Å². The first kappa shape index (κ1) is 18.5. The fourth-order valence-electron chi connectivity index (χ4n) is 2.51. The highest BCUT2D eigenvalue weighted by molar-refractivity contribution is 5.96. The number of nitrogens with one attached hydrogen (secondary N) is 1. The number of hydrogen-bond acceptors (Lipinski definition) is 3. The number of carbonyl (C=O) groups excluding carboxylic acids is 1. The molecule has 1 amide bonds. The van der Waals surface area contributed by atoms with Gasteiger partial charge in [-0.1, -0.05) is 30.3 Å². The molecule has 0 saturated carbocycles. The number of carbonyl (C=O) groups is 1. The van der Waals surface area contributed by atoms with E-state index < -0.39 is 0 Å². The fraction of sp³-hybridized carbons (Fsp3) is 0.238. The Morgan fingerprint density at radius 2 is 1.88 bits per heavy atom. The van der Waals surface area contributed by atoms with Gasteiger partial charge in [0, 0.05) is 30.2 Å². The van der Waals surface area contributed by atoms with Crippen molar-refractivity contribution in [3.05, 3.63) is 83.8 Å². The number of pyridine rings is 1. The molecule has 0 fully saturated rings. The zero-order valence-electron chi connectivity index (χ0n) is 14.8. The average molecular weight is 335 g/mol. The van der Waals surface area contributed by atoms with Crippen molar-refractivity contribution in [3.63, 3.8) is 0 Å². The largest absolute Gasteiger partial charge is 0.404 e. The SMILES string of the molecule is C/C(=C\C(=C/N)c1ccncc1)C(=O)NC(C)CCc1ccccc1. The molecule has 0 aliphatic rings. The second-order valence-corrected chi connectivity index (χ2v) is 6.08. The van der Waals surface area contributed by atoms with Crippen molar-refractivity contribution in [2.24, 2.45) is 5.73 Å². The zero-order chi connectivity index (χ0) is 18.1. The number of nitrogens with two attached hydrogens (primary N) is 1. The van der Waals surface area contributed by atoms with Gasteiger partial charge in [0.05, 0.1) is 0 Å². The molecule has 1 atom stereocenters. The summed E-state index contributed by atoms with van der Waals surface area (Å²) >= 11 is 0. The Labute approximate surface area is 149 Å². The molecule has 1 heterocycles. The molecular weight excluding hydrogens is 310 g/mol. The van der Waals surface area contributed by atoms with Crippen LogP contribution in [0.25, 0.3) is 5.57 Å².